The molecular formula is C29H30N6O4. The van der Waals surface area contributed by atoms with Crippen LogP contribution in [0.3, 0.4) is 0 Å². The Morgan fingerprint density at radius 3 is 2.74 bits per heavy atom. The molecule has 1 N–H and O–H groups in total. The summed E-state index contributed by atoms with van der Waals surface area (Å²) in [5.41, 5.74) is 2.56. The van der Waals surface area contributed by atoms with E-state index < -0.39 is 0 Å². The van der Waals surface area contributed by atoms with Crippen molar-refractivity contribution < 1.29 is 19.0 Å². The summed E-state index contributed by atoms with van der Waals surface area (Å²) < 4.78 is 19.0. The maximum absolute atomic E-state index is 12.6. The molecule has 2 aromatic carbocycles. The molecule has 1 atom stereocenters. The number of amides is 1. The Labute approximate surface area is 225 Å². The molecule has 2 fully saturated rings. The maximum Gasteiger partial charge on any atom is 0.225 e. The highest BCUT2D eigenvalue weighted by Crippen LogP contribution is 2.37. The standard InChI is InChI=1S/C29H30N6O4/c1-37-21-7-8-23-22(16-21)32-27(19-6-9-24-25(15-19)39-14-13-38-24)35(23)26-10-11-30-29(33-26)31-20-3-2-12-34(17-20)28(36)18-4-5-18/h6-11,15-16,18,20H,2-5,12-14,17H2,1H3,(H,30,31,33). The number of benzene rings is 2. The third-order valence-corrected chi connectivity index (χ3v) is 7.52. The zero-order valence-corrected chi connectivity index (χ0v) is 21.8. The molecule has 3 aliphatic rings. The van der Waals surface area contributed by atoms with Crippen molar-refractivity contribution in [2.24, 2.45) is 5.92 Å². The minimum Gasteiger partial charge on any atom is -0.497 e. The molecule has 4 heterocycles. The van der Waals surface area contributed by atoms with E-state index in [4.69, 9.17) is 24.2 Å². The number of nitrogens with zero attached hydrogens (tertiary/aromatic N) is 5. The normalized spacial score (nSPS) is 18.7. The summed E-state index contributed by atoms with van der Waals surface area (Å²) in [5, 5.41) is 3.49. The minimum absolute atomic E-state index is 0.109. The van der Waals surface area contributed by atoms with Gasteiger partial charge in [0.1, 0.15) is 30.6 Å². The van der Waals surface area contributed by atoms with Gasteiger partial charge in [0.25, 0.3) is 0 Å². The number of ether oxygens (including phenoxy) is 3. The molecular weight excluding hydrogens is 496 g/mol. The summed E-state index contributed by atoms with van der Waals surface area (Å²) >= 11 is 0. The largest absolute Gasteiger partial charge is 0.497 e. The van der Waals surface area contributed by atoms with E-state index in [1.165, 1.54) is 0 Å². The molecule has 0 bridgehead atoms. The Bertz CT molecular complexity index is 1550. The SMILES string of the molecule is COc1ccc2c(c1)nc(-c1ccc3c(c1)OCCO3)n2-c1ccnc(NC2CCCN(C(=O)C3CC3)C2)n1. The van der Waals surface area contributed by atoms with Crippen molar-refractivity contribution in [1.82, 2.24) is 24.4 Å². The van der Waals surface area contributed by atoms with Crippen LogP contribution in [0.15, 0.2) is 48.7 Å². The number of imidazole rings is 1. The van der Waals surface area contributed by atoms with Crippen LogP contribution in [0.1, 0.15) is 25.7 Å². The molecule has 4 aromatic rings. The van der Waals surface area contributed by atoms with Crippen LogP contribution in [-0.2, 0) is 4.79 Å². The van der Waals surface area contributed by atoms with Crippen LogP contribution < -0.4 is 19.5 Å². The maximum atomic E-state index is 12.6. The van der Waals surface area contributed by atoms with Crippen molar-refractivity contribution >= 4 is 22.9 Å². The molecule has 10 heteroatoms. The second-order valence-corrected chi connectivity index (χ2v) is 10.3. The van der Waals surface area contributed by atoms with E-state index in [-0.39, 0.29) is 12.0 Å². The van der Waals surface area contributed by atoms with Gasteiger partial charge in [-0.25, -0.2) is 9.97 Å². The summed E-state index contributed by atoms with van der Waals surface area (Å²) in [6.45, 7) is 2.56. The Morgan fingerprint density at radius 1 is 1.03 bits per heavy atom. The van der Waals surface area contributed by atoms with Crippen molar-refractivity contribution in [3.05, 3.63) is 48.7 Å². The van der Waals surface area contributed by atoms with Gasteiger partial charge in [-0.2, -0.15) is 4.98 Å². The molecule has 200 valence electrons. The first-order valence-corrected chi connectivity index (χ1v) is 13.5. The van der Waals surface area contributed by atoms with Gasteiger partial charge in [-0.3, -0.25) is 9.36 Å². The van der Waals surface area contributed by atoms with Gasteiger partial charge in [0, 0.05) is 42.9 Å². The van der Waals surface area contributed by atoms with Gasteiger partial charge in [-0.05, 0) is 62.1 Å². The highest BCUT2D eigenvalue weighted by molar-refractivity contribution is 5.84. The average molecular weight is 527 g/mol. The van der Waals surface area contributed by atoms with Crippen molar-refractivity contribution in [2.45, 2.75) is 31.7 Å². The molecule has 2 aliphatic heterocycles. The van der Waals surface area contributed by atoms with Crippen molar-refractivity contribution in [2.75, 3.05) is 38.7 Å². The summed E-state index contributed by atoms with van der Waals surface area (Å²) in [7, 11) is 1.65. The number of fused-ring (bicyclic) bond motifs is 2. The van der Waals surface area contributed by atoms with Gasteiger partial charge in [-0.15, -0.1) is 0 Å². The van der Waals surface area contributed by atoms with Gasteiger partial charge >= 0.3 is 0 Å². The minimum atomic E-state index is 0.109. The average Bonchev–Trinajstić information content (AvgIpc) is 3.76. The number of carbonyl (C=O) groups is 1. The first kappa shape index (κ1) is 23.8. The van der Waals surface area contributed by atoms with E-state index >= 15 is 0 Å². The zero-order valence-electron chi connectivity index (χ0n) is 21.8. The summed E-state index contributed by atoms with van der Waals surface area (Å²) in [4.78, 5) is 29.0. The Hall–Kier alpha value is -4.34. The van der Waals surface area contributed by atoms with Crippen LogP contribution in [0.5, 0.6) is 17.2 Å². The van der Waals surface area contributed by atoms with Crippen molar-refractivity contribution in [3.8, 4) is 34.5 Å². The highest BCUT2D eigenvalue weighted by Gasteiger charge is 2.35. The fourth-order valence-electron chi connectivity index (χ4n) is 5.40. The number of rotatable bonds is 6. The fraction of sp³-hybridized carbons (Fsp3) is 0.379. The van der Waals surface area contributed by atoms with Gasteiger partial charge < -0.3 is 24.4 Å². The van der Waals surface area contributed by atoms with Gasteiger partial charge in [0.05, 0.1) is 18.1 Å². The lowest BCUT2D eigenvalue weighted by Crippen LogP contribution is -2.45. The third kappa shape index (κ3) is 4.60. The predicted octanol–water partition coefficient (Wildman–Crippen LogP) is 4.08. The van der Waals surface area contributed by atoms with Crippen LogP contribution in [0.4, 0.5) is 5.95 Å². The van der Waals surface area contributed by atoms with Crippen molar-refractivity contribution in [1.29, 1.82) is 0 Å². The predicted molar refractivity (Wildman–Crippen MR) is 146 cm³/mol. The van der Waals surface area contributed by atoms with Gasteiger partial charge in [0.2, 0.25) is 11.9 Å². The second kappa shape index (κ2) is 9.76. The van der Waals surface area contributed by atoms with Gasteiger partial charge in [0.15, 0.2) is 11.5 Å². The topological polar surface area (TPSA) is 104 Å². The van der Waals surface area contributed by atoms with Crippen LogP contribution in [-0.4, -0.2) is 69.8 Å². The van der Waals surface area contributed by atoms with E-state index in [0.29, 0.717) is 43.2 Å². The molecule has 1 aliphatic carbocycles. The third-order valence-electron chi connectivity index (χ3n) is 7.52. The van der Waals surface area contributed by atoms with E-state index in [9.17, 15) is 4.79 Å². The second-order valence-electron chi connectivity index (χ2n) is 10.3. The number of hydrogen-bond donors (Lipinski definition) is 1. The van der Waals surface area contributed by atoms with Crippen LogP contribution in [0.25, 0.3) is 28.2 Å². The number of methoxy groups -OCH3 is 1. The molecule has 7 rings (SSSR count). The summed E-state index contributed by atoms with van der Waals surface area (Å²) in [6, 6.07) is 13.7. The Morgan fingerprint density at radius 2 is 1.90 bits per heavy atom. The van der Waals surface area contributed by atoms with Gasteiger partial charge in [-0.1, -0.05) is 0 Å². The van der Waals surface area contributed by atoms with E-state index in [0.717, 1.165) is 66.1 Å². The van der Waals surface area contributed by atoms with E-state index in [2.05, 4.69) is 10.3 Å². The smallest absolute Gasteiger partial charge is 0.225 e. The lowest BCUT2D eigenvalue weighted by atomic mass is 10.1. The summed E-state index contributed by atoms with van der Waals surface area (Å²) in [5.74, 6) is 4.61. The number of carbonyl (C=O) groups excluding carboxylic acids is 1. The lowest BCUT2D eigenvalue weighted by Gasteiger charge is -2.33. The number of nitrogens with one attached hydrogen (secondary N) is 1. The lowest BCUT2D eigenvalue weighted by molar-refractivity contribution is -0.133. The number of hydrogen-bond acceptors (Lipinski definition) is 8. The molecule has 1 saturated heterocycles. The molecule has 0 radical (unpaired) electrons. The molecule has 10 nitrogen and oxygen atoms in total. The molecule has 1 saturated carbocycles. The monoisotopic (exact) mass is 526 g/mol. The zero-order chi connectivity index (χ0) is 26.3. The Kier molecular flexibility index (Phi) is 5.94. The van der Waals surface area contributed by atoms with Crippen LogP contribution in [0, 0.1) is 5.92 Å². The van der Waals surface area contributed by atoms with Crippen LogP contribution in [0.2, 0.25) is 0 Å². The number of piperidine rings is 1. The Balaban J connectivity index is 1.24. The van der Waals surface area contributed by atoms with E-state index in [1.54, 1.807) is 13.3 Å². The highest BCUT2D eigenvalue weighted by atomic mass is 16.6. The number of anilines is 1. The van der Waals surface area contributed by atoms with Crippen LogP contribution >= 0.6 is 0 Å². The molecule has 1 amide bonds. The summed E-state index contributed by atoms with van der Waals surface area (Å²) in [6.07, 6.45) is 5.74. The first-order valence-electron chi connectivity index (χ1n) is 13.5. The first-order chi connectivity index (χ1) is 19.2. The van der Waals surface area contributed by atoms with E-state index in [1.807, 2.05) is 51.9 Å². The molecule has 39 heavy (non-hydrogen) atoms. The molecule has 1 unspecified atom stereocenters. The fourth-order valence-corrected chi connectivity index (χ4v) is 5.40. The molecule has 2 aromatic heterocycles. The van der Waals surface area contributed by atoms with Crippen molar-refractivity contribution in [3.63, 3.8) is 0 Å². The number of aromatic nitrogens is 4. The molecule has 0 spiro atoms. The quantitative estimate of drug-likeness (QED) is 0.401. The number of likely N-dealkylation sites (tertiary alicyclic amines) is 1.